The Kier molecular flexibility index (Phi) is 6.84. The molecule has 0 aromatic heterocycles. The molecule has 2 aromatic rings. The van der Waals surface area contributed by atoms with E-state index < -0.39 is 0 Å². The van der Waals surface area contributed by atoms with Gasteiger partial charge in [-0.25, -0.2) is 0 Å². The lowest BCUT2D eigenvalue weighted by Crippen LogP contribution is -2.44. The Labute approximate surface area is 174 Å². The predicted octanol–water partition coefficient (Wildman–Crippen LogP) is 4.55. The van der Waals surface area contributed by atoms with E-state index >= 15 is 0 Å². The smallest absolute Gasteiger partial charge is 0.234 e. The molecule has 1 aliphatic rings. The highest BCUT2D eigenvalue weighted by atomic mass is 79.9. The number of rotatable bonds is 5. The van der Waals surface area contributed by atoms with E-state index in [0.29, 0.717) is 5.75 Å². The third-order valence-electron chi connectivity index (χ3n) is 4.85. The summed E-state index contributed by atoms with van der Waals surface area (Å²) in [5, 5.41) is 3.05. The molecular formula is C21H26BrN3OS. The third kappa shape index (κ3) is 5.50. The number of piperazine rings is 1. The third-order valence-corrected chi connectivity index (χ3v) is 6.52. The SMILES string of the molecule is Cc1cc(N2CCN(C)CC2)ccc1NC(=O)CSc1ccc(Br)cc1C. The number of likely N-dealkylation sites (N-methyl/N-ethyl adjacent to an activating group) is 1. The summed E-state index contributed by atoms with van der Waals surface area (Å²) in [4.78, 5) is 18.3. The van der Waals surface area contributed by atoms with E-state index in [2.05, 4.69) is 70.1 Å². The molecule has 1 aliphatic heterocycles. The number of aryl methyl sites for hydroxylation is 2. The van der Waals surface area contributed by atoms with Gasteiger partial charge in [0.25, 0.3) is 0 Å². The summed E-state index contributed by atoms with van der Waals surface area (Å²) < 4.78 is 1.06. The van der Waals surface area contributed by atoms with Gasteiger partial charge in [0.05, 0.1) is 5.75 Å². The molecule has 0 spiro atoms. The van der Waals surface area contributed by atoms with Gasteiger partial charge >= 0.3 is 0 Å². The zero-order chi connectivity index (χ0) is 19.4. The van der Waals surface area contributed by atoms with Crippen molar-refractivity contribution in [2.45, 2.75) is 18.7 Å². The van der Waals surface area contributed by atoms with Gasteiger partial charge in [-0.1, -0.05) is 15.9 Å². The number of hydrogen-bond donors (Lipinski definition) is 1. The van der Waals surface area contributed by atoms with Crippen LogP contribution in [0.2, 0.25) is 0 Å². The number of thioether (sulfide) groups is 1. The fourth-order valence-electron chi connectivity index (χ4n) is 3.15. The van der Waals surface area contributed by atoms with Crippen molar-refractivity contribution >= 4 is 45.0 Å². The number of benzene rings is 2. The molecule has 6 heteroatoms. The molecule has 2 aromatic carbocycles. The first-order valence-corrected chi connectivity index (χ1v) is 10.9. The van der Waals surface area contributed by atoms with E-state index in [9.17, 15) is 4.79 Å². The van der Waals surface area contributed by atoms with E-state index in [1.54, 1.807) is 11.8 Å². The number of nitrogens with zero attached hydrogens (tertiary/aromatic N) is 2. The van der Waals surface area contributed by atoms with Gasteiger partial charge in [-0.2, -0.15) is 0 Å². The number of nitrogens with one attached hydrogen (secondary N) is 1. The summed E-state index contributed by atoms with van der Waals surface area (Å²) in [7, 11) is 2.16. The molecule has 0 atom stereocenters. The van der Waals surface area contributed by atoms with Gasteiger partial charge in [-0.05, 0) is 68.4 Å². The number of carbonyl (C=O) groups is 1. The average molecular weight is 448 g/mol. The van der Waals surface area contributed by atoms with Crippen LogP contribution in [0.5, 0.6) is 0 Å². The minimum absolute atomic E-state index is 0.0257. The molecular weight excluding hydrogens is 422 g/mol. The monoisotopic (exact) mass is 447 g/mol. The first kappa shape index (κ1) is 20.2. The Morgan fingerprint density at radius 1 is 1.07 bits per heavy atom. The van der Waals surface area contributed by atoms with Crippen LogP contribution in [-0.4, -0.2) is 49.8 Å². The maximum Gasteiger partial charge on any atom is 0.234 e. The predicted molar refractivity (Wildman–Crippen MR) is 119 cm³/mol. The van der Waals surface area contributed by atoms with Crippen LogP contribution >= 0.6 is 27.7 Å². The Balaban J connectivity index is 1.57. The molecule has 0 saturated carbocycles. The minimum Gasteiger partial charge on any atom is -0.369 e. The number of carbonyl (C=O) groups excluding carboxylic acids is 1. The Bertz CT molecular complexity index is 819. The van der Waals surface area contributed by atoms with Gasteiger partial charge < -0.3 is 15.1 Å². The molecule has 144 valence electrons. The average Bonchev–Trinajstić information content (AvgIpc) is 2.63. The maximum atomic E-state index is 12.4. The maximum absolute atomic E-state index is 12.4. The van der Waals surface area contributed by atoms with Crippen LogP contribution in [0.4, 0.5) is 11.4 Å². The van der Waals surface area contributed by atoms with Crippen LogP contribution in [0.15, 0.2) is 45.8 Å². The van der Waals surface area contributed by atoms with Gasteiger partial charge in [-0.3, -0.25) is 4.79 Å². The van der Waals surface area contributed by atoms with E-state index in [1.807, 2.05) is 18.2 Å². The molecule has 0 aliphatic carbocycles. The van der Waals surface area contributed by atoms with Gasteiger partial charge in [0.15, 0.2) is 0 Å². The van der Waals surface area contributed by atoms with Crippen LogP contribution in [0, 0.1) is 13.8 Å². The van der Waals surface area contributed by atoms with Crippen molar-refractivity contribution in [3.05, 3.63) is 52.0 Å². The second-order valence-electron chi connectivity index (χ2n) is 7.04. The summed E-state index contributed by atoms with van der Waals surface area (Å²) in [5.41, 5.74) is 4.41. The number of hydrogen-bond acceptors (Lipinski definition) is 4. The van der Waals surface area contributed by atoms with E-state index in [-0.39, 0.29) is 5.91 Å². The summed E-state index contributed by atoms with van der Waals surface area (Å²) in [6.45, 7) is 8.39. The highest BCUT2D eigenvalue weighted by Crippen LogP contribution is 2.27. The lowest BCUT2D eigenvalue weighted by molar-refractivity contribution is -0.113. The molecule has 0 radical (unpaired) electrons. The largest absolute Gasteiger partial charge is 0.369 e. The molecule has 0 bridgehead atoms. The van der Waals surface area contributed by atoms with Gasteiger partial charge in [0.1, 0.15) is 0 Å². The summed E-state index contributed by atoms with van der Waals surface area (Å²) in [5.74, 6) is 0.431. The fraction of sp³-hybridized carbons (Fsp3) is 0.381. The molecule has 27 heavy (non-hydrogen) atoms. The molecule has 4 nitrogen and oxygen atoms in total. The number of halogens is 1. The van der Waals surface area contributed by atoms with Crippen LogP contribution in [0.1, 0.15) is 11.1 Å². The topological polar surface area (TPSA) is 35.6 Å². The van der Waals surface area contributed by atoms with Crippen LogP contribution in [0.25, 0.3) is 0 Å². The highest BCUT2D eigenvalue weighted by molar-refractivity contribution is 9.10. The molecule has 1 saturated heterocycles. The van der Waals surface area contributed by atoms with Crippen LogP contribution in [0.3, 0.4) is 0 Å². The van der Waals surface area contributed by atoms with Gasteiger partial charge in [0, 0.05) is 46.9 Å². The number of amides is 1. The van der Waals surface area contributed by atoms with Crippen LogP contribution < -0.4 is 10.2 Å². The summed E-state index contributed by atoms with van der Waals surface area (Å²) in [6.07, 6.45) is 0. The molecule has 1 N–H and O–H groups in total. The van der Waals surface area contributed by atoms with Gasteiger partial charge in [-0.15, -0.1) is 11.8 Å². The zero-order valence-electron chi connectivity index (χ0n) is 16.1. The lowest BCUT2D eigenvalue weighted by atomic mass is 10.1. The second kappa shape index (κ2) is 9.13. The van der Waals surface area contributed by atoms with Crippen molar-refractivity contribution in [2.24, 2.45) is 0 Å². The summed E-state index contributed by atoms with van der Waals surface area (Å²) in [6, 6.07) is 12.4. The quantitative estimate of drug-likeness (QED) is 0.681. The van der Waals surface area contributed by atoms with E-state index in [4.69, 9.17) is 0 Å². The van der Waals surface area contributed by atoms with Crippen molar-refractivity contribution < 1.29 is 4.79 Å². The van der Waals surface area contributed by atoms with E-state index in [0.717, 1.165) is 46.8 Å². The van der Waals surface area contributed by atoms with E-state index in [1.165, 1.54) is 11.3 Å². The van der Waals surface area contributed by atoms with Crippen LogP contribution in [-0.2, 0) is 4.79 Å². The molecule has 1 amide bonds. The molecule has 1 heterocycles. The fourth-order valence-corrected chi connectivity index (χ4v) is 4.44. The first-order chi connectivity index (χ1) is 12.9. The van der Waals surface area contributed by atoms with Crippen molar-refractivity contribution in [1.82, 2.24) is 4.90 Å². The Morgan fingerprint density at radius 2 is 1.81 bits per heavy atom. The van der Waals surface area contributed by atoms with Crippen molar-refractivity contribution in [3.63, 3.8) is 0 Å². The number of anilines is 2. The van der Waals surface area contributed by atoms with Gasteiger partial charge in [0.2, 0.25) is 5.91 Å². The Hall–Kier alpha value is -1.50. The van der Waals surface area contributed by atoms with Crippen molar-refractivity contribution in [3.8, 4) is 0 Å². The molecule has 3 rings (SSSR count). The highest BCUT2D eigenvalue weighted by Gasteiger charge is 2.15. The lowest BCUT2D eigenvalue weighted by Gasteiger charge is -2.34. The molecule has 1 fully saturated rings. The Morgan fingerprint density at radius 3 is 2.48 bits per heavy atom. The zero-order valence-corrected chi connectivity index (χ0v) is 18.5. The second-order valence-corrected chi connectivity index (χ2v) is 8.97. The normalized spacial score (nSPS) is 15.0. The standard InChI is InChI=1S/C21H26BrN3OS/c1-15-13-18(25-10-8-24(3)9-11-25)5-6-19(15)23-21(26)14-27-20-7-4-17(22)12-16(20)2/h4-7,12-13H,8-11,14H2,1-3H3,(H,23,26). The van der Waals surface area contributed by atoms with Crippen molar-refractivity contribution in [2.75, 3.05) is 49.2 Å². The summed E-state index contributed by atoms with van der Waals surface area (Å²) >= 11 is 5.04. The first-order valence-electron chi connectivity index (χ1n) is 9.15. The van der Waals surface area contributed by atoms with Crippen molar-refractivity contribution in [1.29, 1.82) is 0 Å². The minimum atomic E-state index is 0.0257. The molecule has 0 unspecified atom stereocenters.